The normalized spacial score (nSPS) is 14.8. The molecular formula is C31H41N7O. The van der Waals surface area contributed by atoms with Gasteiger partial charge in [0, 0.05) is 58.1 Å². The summed E-state index contributed by atoms with van der Waals surface area (Å²) in [5.74, 6) is 1.90. The second kappa shape index (κ2) is 10.8. The van der Waals surface area contributed by atoms with Gasteiger partial charge in [0.15, 0.2) is 0 Å². The zero-order chi connectivity index (χ0) is 27.7. The molecule has 1 N–H and O–H groups in total. The second-order valence-corrected chi connectivity index (χ2v) is 11.7. The second-order valence-electron chi connectivity index (χ2n) is 11.7. The first-order valence-corrected chi connectivity index (χ1v) is 14.0. The number of amides is 1. The first-order valence-electron chi connectivity index (χ1n) is 14.0. The van der Waals surface area contributed by atoms with Crippen LogP contribution in [0.1, 0.15) is 44.8 Å². The lowest BCUT2D eigenvalue weighted by molar-refractivity contribution is -0.130. The highest BCUT2D eigenvalue weighted by molar-refractivity contribution is 5.91. The van der Waals surface area contributed by atoms with Crippen LogP contribution in [-0.4, -0.2) is 75.0 Å². The third kappa shape index (κ3) is 5.86. The van der Waals surface area contributed by atoms with Crippen LogP contribution >= 0.6 is 0 Å². The molecule has 0 atom stereocenters. The van der Waals surface area contributed by atoms with Gasteiger partial charge in [0.05, 0.1) is 16.9 Å². The van der Waals surface area contributed by atoms with Gasteiger partial charge < -0.3 is 19.4 Å². The molecule has 1 amide bonds. The van der Waals surface area contributed by atoms with Gasteiger partial charge in [-0.3, -0.25) is 9.69 Å². The van der Waals surface area contributed by atoms with Crippen LogP contribution in [0.15, 0.2) is 48.7 Å². The van der Waals surface area contributed by atoms with Gasteiger partial charge in [-0.05, 0) is 37.0 Å². The lowest BCUT2D eigenvalue weighted by Crippen LogP contribution is -2.46. The van der Waals surface area contributed by atoms with E-state index in [1.807, 2.05) is 31.7 Å². The van der Waals surface area contributed by atoms with Crippen molar-refractivity contribution in [1.82, 2.24) is 29.3 Å². The molecule has 3 heterocycles. The third-order valence-corrected chi connectivity index (χ3v) is 7.85. The zero-order valence-electron chi connectivity index (χ0n) is 24.2. The number of likely N-dealkylation sites (N-methyl/N-ethyl adjacent to an activating group) is 1. The molecule has 39 heavy (non-hydrogen) atoms. The van der Waals surface area contributed by atoms with Crippen LogP contribution in [0.3, 0.4) is 0 Å². The number of hydrogen-bond donors (Lipinski definition) is 1. The molecule has 206 valence electrons. The number of aromatic amines is 1. The summed E-state index contributed by atoms with van der Waals surface area (Å²) in [4.78, 5) is 32.3. The largest absolute Gasteiger partial charge is 0.367 e. The van der Waals surface area contributed by atoms with E-state index in [9.17, 15) is 4.79 Å². The van der Waals surface area contributed by atoms with Crippen molar-refractivity contribution in [3.05, 3.63) is 65.7 Å². The van der Waals surface area contributed by atoms with Crippen LogP contribution in [0.2, 0.25) is 0 Å². The maximum absolute atomic E-state index is 12.3. The molecule has 4 aromatic rings. The molecule has 0 unspecified atom stereocenters. The minimum atomic E-state index is 0.107. The zero-order valence-corrected chi connectivity index (χ0v) is 24.2. The molecule has 1 fully saturated rings. The van der Waals surface area contributed by atoms with Gasteiger partial charge in [-0.15, -0.1) is 0 Å². The molecule has 0 bridgehead atoms. The lowest BCUT2D eigenvalue weighted by atomic mass is 9.87. The van der Waals surface area contributed by atoms with Crippen LogP contribution in [0.5, 0.6) is 0 Å². The van der Waals surface area contributed by atoms with Gasteiger partial charge in [0.2, 0.25) is 5.91 Å². The van der Waals surface area contributed by atoms with Crippen molar-refractivity contribution in [3.63, 3.8) is 0 Å². The molecule has 0 aliphatic carbocycles. The van der Waals surface area contributed by atoms with Crippen LogP contribution in [0.25, 0.3) is 22.4 Å². The van der Waals surface area contributed by atoms with Crippen LogP contribution in [0.4, 0.5) is 5.69 Å². The van der Waals surface area contributed by atoms with Crippen LogP contribution < -0.4 is 4.90 Å². The van der Waals surface area contributed by atoms with Gasteiger partial charge >= 0.3 is 0 Å². The Balaban J connectivity index is 1.25. The molecule has 5 rings (SSSR count). The van der Waals surface area contributed by atoms with Gasteiger partial charge in [0.25, 0.3) is 0 Å². The van der Waals surface area contributed by atoms with Gasteiger partial charge in [0.1, 0.15) is 23.7 Å². The average molecular weight is 528 g/mol. The number of aromatic nitrogens is 4. The molecule has 2 aromatic heterocycles. The Labute approximate surface area is 231 Å². The Kier molecular flexibility index (Phi) is 7.49. The first kappa shape index (κ1) is 26.9. The molecule has 0 saturated carbocycles. The molecular weight excluding hydrogens is 486 g/mol. The number of carbonyl (C=O) groups is 1. The average Bonchev–Trinajstić information content (AvgIpc) is 3.51. The standard InChI is InChI=1S/C31H41N7O/c1-7-35(6)28(39)21-38-20-25(32-22(38)2)19-36-15-17-37(18-16-36)27-10-8-9-26-29(27)34-30(33-26)23-11-13-24(14-12-23)31(3,4)5/h8-14,20H,7,15-19,21H2,1-6H3,(H,33,34). The van der Waals surface area contributed by atoms with Crippen LogP contribution in [0, 0.1) is 6.92 Å². The maximum Gasteiger partial charge on any atom is 0.242 e. The summed E-state index contributed by atoms with van der Waals surface area (Å²) in [6.45, 7) is 16.3. The molecule has 0 radical (unpaired) electrons. The number of imidazole rings is 2. The monoisotopic (exact) mass is 527 g/mol. The van der Waals surface area contributed by atoms with E-state index in [1.165, 1.54) is 11.3 Å². The Morgan fingerprint density at radius 3 is 2.41 bits per heavy atom. The molecule has 0 spiro atoms. The summed E-state index contributed by atoms with van der Waals surface area (Å²) in [5.41, 5.74) is 6.84. The molecule has 1 aliphatic rings. The van der Waals surface area contributed by atoms with E-state index in [2.05, 4.69) is 78.0 Å². The van der Waals surface area contributed by atoms with Gasteiger partial charge in [-0.25, -0.2) is 9.97 Å². The van der Waals surface area contributed by atoms with Crippen molar-refractivity contribution in [2.45, 2.75) is 53.1 Å². The number of rotatable bonds is 7. The molecule has 8 heteroatoms. The fourth-order valence-electron chi connectivity index (χ4n) is 5.17. The summed E-state index contributed by atoms with van der Waals surface area (Å²) in [6, 6.07) is 15.1. The van der Waals surface area contributed by atoms with Crippen LogP contribution in [-0.2, 0) is 23.3 Å². The lowest BCUT2D eigenvalue weighted by Gasteiger charge is -2.35. The summed E-state index contributed by atoms with van der Waals surface area (Å²) in [6.07, 6.45) is 2.03. The SMILES string of the molecule is CCN(C)C(=O)Cn1cc(CN2CCN(c3cccc4[nH]c(-c5ccc(C(C)(C)C)cc5)nc34)CC2)nc1C. The number of carbonyl (C=O) groups excluding carboxylic acids is 1. The number of fused-ring (bicyclic) bond motifs is 1. The number of para-hydroxylation sites is 1. The van der Waals surface area contributed by atoms with Crippen molar-refractivity contribution in [2.24, 2.45) is 0 Å². The minimum Gasteiger partial charge on any atom is -0.367 e. The Morgan fingerprint density at radius 1 is 1.03 bits per heavy atom. The Hall–Kier alpha value is -3.65. The van der Waals surface area contributed by atoms with Crippen molar-refractivity contribution in [3.8, 4) is 11.4 Å². The number of nitrogens with one attached hydrogen (secondary N) is 1. The quantitative estimate of drug-likeness (QED) is 0.373. The van der Waals surface area contributed by atoms with Crippen molar-refractivity contribution in [2.75, 3.05) is 44.7 Å². The first-order chi connectivity index (χ1) is 18.6. The smallest absolute Gasteiger partial charge is 0.242 e. The number of H-pyrrole nitrogens is 1. The fourth-order valence-corrected chi connectivity index (χ4v) is 5.17. The van der Waals surface area contributed by atoms with E-state index >= 15 is 0 Å². The third-order valence-electron chi connectivity index (χ3n) is 7.85. The van der Waals surface area contributed by atoms with E-state index in [0.717, 1.165) is 66.7 Å². The minimum absolute atomic E-state index is 0.107. The Morgan fingerprint density at radius 2 is 1.74 bits per heavy atom. The van der Waals surface area contributed by atoms with Gasteiger partial charge in [-0.2, -0.15) is 0 Å². The summed E-state index contributed by atoms with van der Waals surface area (Å²) < 4.78 is 1.96. The number of anilines is 1. The number of nitrogens with zero attached hydrogens (tertiary/aromatic N) is 6. The van der Waals surface area contributed by atoms with Gasteiger partial charge in [-0.1, -0.05) is 51.1 Å². The van der Waals surface area contributed by atoms with E-state index in [0.29, 0.717) is 13.1 Å². The highest BCUT2D eigenvalue weighted by Gasteiger charge is 2.22. The molecule has 2 aromatic carbocycles. The number of hydrogen-bond acceptors (Lipinski definition) is 5. The van der Waals surface area contributed by atoms with E-state index in [4.69, 9.17) is 9.97 Å². The molecule has 8 nitrogen and oxygen atoms in total. The summed E-state index contributed by atoms with van der Waals surface area (Å²) >= 11 is 0. The maximum atomic E-state index is 12.3. The predicted molar refractivity (Wildman–Crippen MR) is 158 cm³/mol. The highest BCUT2D eigenvalue weighted by atomic mass is 16.2. The van der Waals surface area contributed by atoms with Crippen molar-refractivity contribution < 1.29 is 4.79 Å². The topological polar surface area (TPSA) is 73.3 Å². The van der Waals surface area contributed by atoms with E-state index in [1.54, 1.807) is 4.90 Å². The van der Waals surface area contributed by atoms with E-state index < -0.39 is 0 Å². The Bertz CT molecular complexity index is 1440. The number of benzene rings is 2. The highest BCUT2D eigenvalue weighted by Crippen LogP contribution is 2.30. The summed E-state index contributed by atoms with van der Waals surface area (Å²) in [7, 11) is 1.84. The molecule has 1 aliphatic heterocycles. The number of aryl methyl sites for hydroxylation is 1. The summed E-state index contributed by atoms with van der Waals surface area (Å²) in [5, 5.41) is 0. The fraction of sp³-hybridized carbons (Fsp3) is 0.452. The molecule has 1 saturated heterocycles. The van der Waals surface area contributed by atoms with E-state index in [-0.39, 0.29) is 11.3 Å². The van der Waals surface area contributed by atoms with Crippen molar-refractivity contribution >= 4 is 22.6 Å². The van der Waals surface area contributed by atoms with Crippen molar-refractivity contribution in [1.29, 1.82) is 0 Å². The number of piperazine rings is 1. The predicted octanol–water partition coefficient (Wildman–Crippen LogP) is 4.83.